The lowest BCUT2D eigenvalue weighted by molar-refractivity contribution is -0.141. The van der Waals surface area contributed by atoms with Crippen molar-refractivity contribution in [2.75, 3.05) is 24.1 Å². The van der Waals surface area contributed by atoms with Crippen LogP contribution in [0.4, 0.5) is 29.1 Å². The minimum atomic E-state index is -4.83. The smallest absolute Gasteiger partial charge is 0.380 e. The van der Waals surface area contributed by atoms with Crippen LogP contribution in [-0.2, 0) is 12.7 Å². The van der Waals surface area contributed by atoms with Gasteiger partial charge in [0.25, 0.3) is 5.91 Å². The third kappa shape index (κ3) is 4.77. The number of amides is 1. The summed E-state index contributed by atoms with van der Waals surface area (Å²) in [5.74, 6) is -1.00. The van der Waals surface area contributed by atoms with Gasteiger partial charge in [-0.05, 0) is 56.3 Å². The van der Waals surface area contributed by atoms with Crippen LogP contribution in [0.1, 0.15) is 34.8 Å². The van der Waals surface area contributed by atoms with Crippen LogP contribution in [0.3, 0.4) is 0 Å². The van der Waals surface area contributed by atoms with Gasteiger partial charge in [-0.1, -0.05) is 5.16 Å². The van der Waals surface area contributed by atoms with E-state index in [0.29, 0.717) is 29.3 Å². The molecule has 0 spiro atoms. The van der Waals surface area contributed by atoms with Gasteiger partial charge in [0, 0.05) is 30.2 Å². The van der Waals surface area contributed by atoms with Gasteiger partial charge in [-0.2, -0.15) is 18.3 Å². The van der Waals surface area contributed by atoms with Crippen LogP contribution in [0.15, 0.2) is 59.4 Å². The molecule has 2 aromatic carbocycles. The normalized spacial score (nSPS) is 14.3. The van der Waals surface area contributed by atoms with Crippen molar-refractivity contribution >= 4 is 28.4 Å². The highest BCUT2D eigenvalue weighted by Crippen LogP contribution is 2.31. The maximum absolute atomic E-state index is 15.2. The number of hydrogen-bond donors (Lipinski definition) is 2. The molecule has 1 saturated heterocycles. The first-order valence-corrected chi connectivity index (χ1v) is 12.4. The summed E-state index contributed by atoms with van der Waals surface area (Å²) in [4.78, 5) is 19.8. The molecule has 40 heavy (non-hydrogen) atoms. The highest BCUT2D eigenvalue weighted by molar-refractivity contribution is 6.04. The Hall–Kier alpha value is -4.72. The quantitative estimate of drug-likeness (QED) is 0.290. The van der Waals surface area contributed by atoms with Gasteiger partial charge in [-0.25, -0.2) is 14.1 Å². The molecule has 0 aliphatic carbocycles. The number of hydrogen-bond acceptors (Lipinski definition) is 7. The summed E-state index contributed by atoms with van der Waals surface area (Å²) in [7, 11) is 0. The first-order valence-electron chi connectivity index (χ1n) is 12.4. The topological polar surface area (TPSA) is 120 Å². The summed E-state index contributed by atoms with van der Waals surface area (Å²) in [5, 5.41) is 9.90. The number of halogens is 4. The summed E-state index contributed by atoms with van der Waals surface area (Å²) in [5.41, 5.74) is 4.69. The van der Waals surface area contributed by atoms with E-state index >= 15 is 4.39 Å². The molecule has 3 aromatic heterocycles. The number of imidazole rings is 1. The number of nitrogens with two attached hydrogens (primary N) is 1. The van der Waals surface area contributed by atoms with Gasteiger partial charge in [0.05, 0.1) is 23.3 Å². The SMILES string of the molecule is Nc1noc2ccc(-n3nc(C(F)(F)F)cc3C(=O)Nc3ccc(-n4ccnc4CN4CCCC4)cc3F)cc12. The lowest BCUT2D eigenvalue weighted by atomic mass is 10.2. The summed E-state index contributed by atoms with van der Waals surface area (Å²) < 4.78 is 63.4. The van der Waals surface area contributed by atoms with E-state index in [1.54, 1.807) is 23.0 Å². The van der Waals surface area contributed by atoms with Gasteiger partial charge in [-0.15, -0.1) is 0 Å². The third-order valence-corrected chi connectivity index (χ3v) is 6.72. The second-order valence-electron chi connectivity index (χ2n) is 9.39. The number of aromatic nitrogens is 5. The Labute approximate surface area is 224 Å². The summed E-state index contributed by atoms with van der Waals surface area (Å²) in [6.07, 6.45) is 0.759. The van der Waals surface area contributed by atoms with Gasteiger partial charge in [0.1, 0.15) is 17.3 Å². The minimum absolute atomic E-state index is 0.0229. The van der Waals surface area contributed by atoms with Crippen LogP contribution in [0.2, 0.25) is 0 Å². The van der Waals surface area contributed by atoms with Gasteiger partial charge in [-0.3, -0.25) is 9.69 Å². The number of nitrogens with zero attached hydrogens (tertiary/aromatic N) is 6. The predicted molar refractivity (Wildman–Crippen MR) is 137 cm³/mol. The first-order chi connectivity index (χ1) is 19.2. The molecule has 4 heterocycles. The lowest BCUT2D eigenvalue weighted by Gasteiger charge is -2.16. The van der Waals surface area contributed by atoms with Crippen molar-refractivity contribution in [2.45, 2.75) is 25.6 Å². The molecule has 0 saturated carbocycles. The van der Waals surface area contributed by atoms with E-state index in [1.807, 2.05) is 0 Å². The number of carbonyl (C=O) groups is 1. The highest BCUT2D eigenvalue weighted by Gasteiger charge is 2.36. The number of rotatable bonds is 6. The number of alkyl halides is 3. The Morgan fingerprint density at radius 1 is 1.07 bits per heavy atom. The zero-order chi connectivity index (χ0) is 28.0. The van der Waals surface area contributed by atoms with E-state index in [4.69, 9.17) is 10.3 Å². The molecule has 10 nitrogen and oxygen atoms in total. The summed E-state index contributed by atoms with van der Waals surface area (Å²) in [6.45, 7) is 2.56. The molecule has 6 rings (SSSR count). The Balaban J connectivity index is 1.29. The molecular weight excluding hydrogens is 532 g/mol. The maximum Gasteiger partial charge on any atom is 0.435 e. The number of anilines is 2. The van der Waals surface area contributed by atoms with Crippen molar-refractivity contribution in [3.8, 4) is 11.4 Å². The molecule has 0 bridgehead atoms. The van der Waals surface area contributed by atoms with Crippen molar-refractivity contribution in [1.29, 1.82) is 0 Å². The molecule has 0 radical (unpaired) electrons. The van der Waals surface area contributed by atoms with E-state index in [1.165, 1.54) is 30.3 Å². The fourth-order valence-electron chi connectivity index (χ4n) is 4.72. The van der Waals surface area contributed by atoms with Crippen molar-refractivity contribution in [1.82, 2.24) is 29.4 Å². The van der Waals surface area contributed by atoms with Crippen LogP contribution < -0.4 is 11.1 Å². The van der Waals surface area contributed by atoms with E-state index in [0.717, 1.165) is 36.4 Å². The molecule has 206 valence electrons. The predicted octanol–water partition coefficient (Wildman–Crippen LogP) is 4.79. The van der Waals surface area contributed by atoms with Gasteiger partial charge < -0.3 is 20.1 Å². The van der Waals surface area contributed by atoms with E-state index < -0.39 is 29.3 Å². The Morgan fingerprint density at radius 2 is 1.85 bits per heavy atom. The molecule has 3 N–H and O–H groups in total. The molecule has 1 aliphatic heterocycles. The number of nitrogens with one attached hydrogen (secondary N) is 1. The Morgan fingerprint density at radius 3 is 2.60 bits per heavy atom. The van der Waals surface area contributed by atoms with E-state index in [2.05, 4.69) is 25.5 Å². The third-order valence-electron chi connectivity index (χ3n) is 6.72. The number of benzene rings is 2. The van der Waals surface area contributed by atoms with Crippen molar-refractivity contribution < 1.29 is 26.9 Å². The molecule has 1 amide bonds. The number of nitrogen functional groups attached to an aromatic ring is 1. The molecule has 1 fully saturated rings. The molecule has 0 atom stereocenters. The Kier molecular flexibility index (Phi) is 6.25. The average Bonchev–Trinajstić information content (AvgIpc) is 3.73. The van der Waals surface area contributed by atoms with Crippen molar-refractivity contribution in [3.63, 3.8) is 0 Å². The van der Waals surface area contributed by atoms with Gasteiger partial charge in [0.15, 0.2) is 17.1 Å². The maximum atomic E-state index is 15.2. The average molecular weight is 555 g/mol. The van der Waals surface area contributed by atoms with Gasteiger partial charge in [0.2, 0.25) is 0 Å². The zero-order valence-electron chi connectivity index (χ0n) is 20.8. The van der Waals surface area contributed by atoms with Crippen LogP contribution in [0, 0.1) is 5.82 Å². The molecule has 5 aromatic rings. The number of likely N-dealkylation sites (tertiary alicyclic amines) is 1. The second kappa shape index (κ2) is 9.79. The van der Waals surface area contributed by atoms with Crippen LogP contribution in [0.5, 0.6) is 0 Å². The molecular formula is C26H22F4N8O2. The monoisotopic (exact) mass is 554 g/mol. The zero-order valence-corrected chi connectivity index (χ0v) is 20.8. The number of fused-ring (bicyclic) bond motifs is 1. The highest BCUT2D eigenvalue weighted by atomic mass is 19.4. The largest absolute Gasteiger partial charge is 0.435 e. The van der Waals surface area contributed by atoms with Crippen LogP contribution in [0.25, 0.3) is 22.3 Å². The molecule has 14 heteroatoms. The Bertz CT molecular complexity index is 1720. The summed E-state index contributed by atoms with van der Waals surface area (Å²) in [6, 6.07) is 9.00. The summed E-state index contributed by atoms with van der Waals surface area (Å²) >= 11 is 0. The molecule has 0 unspecified atom stereocenters. The first kappa shape index (κ1) is 25.6. The fraction of sp³-hybridized carbons (Fsp3) is 0.231. The lowest BCUT2D eigenvalue weighted by Crippen LogP contribution is -2.21. The minimum Gasteiger partial charge on any atom is -0.380 e. The van der Waals surface area contributed by atoms with Crippen LogP contribution >= 0.6 is 0 Å². The van der Waals surface area contributed by atoms with Crippen molar-refractivity contribution in [3.05, 3.63) is 77.9 Å². The van der Waals surface area contributed by atoms with E-state index in [9.17, 15) is 18.0 Å². The standard InChI is InChI=1S/C26H22F4N8O2/c27-18-12-15(37-10-7-32-23(37)14-36-8-1-2-9-36)3-5-19(18)33-25(39)20-13-22(26(28,29)30)34-38(20)16-4-6-21-17(11-16)24(31)35-40-21/h3-7,10-13H,1-2,8-9,14H2,(H2,31,35)(H,33,39). The molecule has 1 aliphatic rings. The van der Waals surface area contributed by atoms with Crippen molar-refractivity contribution in [2.24, 2.45) is 0 Å². The fourth-order valence-corrected chi connectivity index (χ4v) is 4.72. The van der Waals surface area contributed by atoms with Gasteiger partial charge >= 0.3 is 6.18 Å². The van der Waals surface area contributed by atoms with E-state index in [-0.39, 0.29) is 17.2 Å². The second-order valence-corrected chi connectivity index (χ2v) is 9.39. The van der Waals surface area contributed by atoms with Crippen LogP contribution in [-0.4, -0.2) is 48.4 Å². The number of carbonyl (C=O) groups excluding carboxylic acids is 1.